The van der Waals surface area contributed by atoms with E-state index in [1.54, 1.807) is 38.6 Å². The maximum Gasteiger partial charge on any atom is 0.422 e. The molecule has 0 atom stereocenters. The van der Waals surface area contributed by atoms with E-state index in [0.29, 0.717) is 24.6 Å². The molecule has 0 aliphatic carbocycles. The molecule has 2 N–H and O–H groups in total. The fourth-order valence-electron chi connectivity index (χ4n) is 2.22. The normalized spacial score (nSPS) is 11.7. The van der Waals surface area contributed by atoms with Crippen LogP contribution < -0.4 is 15.4 Å². The molecule has 1 aromatic heterocycles. The summed E-state index contributed by atoms with van der Waals surface area (Å²) in [6.45, 7) is 2.11. The first-order chi connectivity index (χ1) is 12.4. The van der Waals surface area contributed by atoms with E-state index in [4.69, 9.17) is 4.74 Å². The Bertz CT molecular complexity index is 720. The molecule has 150 valence electrons. The molecule has 1 aromatic carbocycles. The summed E-state index contributed by atoms with van der Waals surface area (Å²) in [7, 11) is 1.63. The Morgan fingerprint density at radius 2 is 2.07 bits per heavy atom. The molecule has 0 saturated carbocycles. The molecule has 0 bridgehead atoms. The first kappa shape index (κ1) is 23.1. The highest BCUT2D eigenvalue weighted by Crippen LogP contribution is 2.23. The fourth-order valence-corrected chi connectivity index (χ4v) is 2.22. The first-order valence-corrected chi connectivity index (χ1v) is 8.07. The summed E-state index contributed by atoms with van der Waals surface area (Å²) in [5, 5.41) is 6.21. The van der Waals surface area contributed by atoms with Crippen LogP contribution in [-0.2, 0) is 13.1 Å². The standard InChI is InChI=1S/C17H22F3N5O.HI/c1-13-3-4-14(15(9-13)26-11-17(18,19)20)10-24-16(21-2)23-6-8-25-7-5-22-12-25;/h3-5,7,9,12H,6,8,10-11H2,1-2H3,(H2,21,23,24);1H. The summed E-state index contributed by atoms with van der Waals surface area (Å²) in [5.41, 5.74) is 1.45. The van der Waals surface area contributed by atoms with Gasteiger partial charge in [-0.3, -0.25) is 4.99 Å². The molecule has 2 rings (SSSR count). The monoisotopic (exact) mass is 497 g/mol. The van der Waals surface area contributed by atoms with Gasteiger partial charge in [0.25, 0.3) is 0 Å². The maximum atomic E-state index is 12.4. The van der Waals surface area contributed by atoms with Crippen LogP contribution in [0, 0.1) is 6.92 Å². The van der Waals surface area contributed by atoms with E-state index in [1.165, 1.54) is 0 Å². The highest BCUT2D eigenvalue weighted by Gasteiger charge is 2.28. The number of nitrogens with zero attached hydrogens (tertiary/aromatic N) is 3. The number of aromatic nitrogens is 2. The number of ether oxygens (including phenoxy) is 1. The molecule has 0 spiro atoms. The second-order valence-corrected chi connectivity index (χ2v) is 5.67. The van der Waals surface area contributed by atoms with E-state index < -0.39 is 12.8 Å². The molecule has 0 aliphatic rings. The van der Waals surface area contributed by atoms with Gasteiger partial charge >= 0.3 is 6.18 Å². The number of imidazole rings is 1. The van der Waals surface area contributed by atoms with Crippen LogP contribution in [0.25, 0.3) is 0 Å². The van der Waals surface area contributed by atoms with Gasteiger partial charge in [0.15, 0.2) is 12.6 Å². The highest BCUT2D eigenvalue weighted by atomic mass is 127. The highest BCUT2D eigenvalue weighted by molar-refractivity contribution is 14.0. The minimum Gasteiger partial charge on any atom is -0.484 e. The van der Waals surface area contributed by atoms with Crippen molar-refractivity contribution in [2.75, 3.05) is 20.2 Å². The Labute approximate surface area is 173 Å². The van der Waals surface area contributed by atoms with Gasteiger partial charge in [0.2, 0.25) is 0 Å². The van der Waals surface area contributed by atoms with E-state index in [0.717, 1.165) is 5.56 Å². The molecule has 0 amide bonds. The van der Waals surface area contributed by atoms with Gasteiger partial charge in [-0.25, -0.2) is 4.98 Å². The van der Waals surface area contributed by atoms with Crippen molar-refractivity contribution < 1.29 is 17.9 Å². The van der Waals surface area contributed by atoms with Gasteiger partial charge < -0.3 is 19.9 Å². The van der Waals surface area contributed by atoms with Crippen LogP contribution in [0.1, 0.15) is 11.1 Å². The minimum absolute atomic E-state index is 0. The van der Waals surface area contributed by atoms with Crippen molar-refractivity contribution in [3.05, 3.63) is 48.0 Å². The van der Waals surface area contributed by atoms with Crippen molar-refractivity contribution in [1.82, 2.24) is 20.2 Å². The van der Waals surface area contributed by atoms with Gasteiger partial charge in [-0.1, -0.05) is 12.1 Å². The Morgan fingerprint density at radius 3 is 2.70 bits per heavy atom. The Hall–Kier alpha value is -1.98. The predicted molar refractivity (Wildman–Crippen MR) is 109 cm³/mol. The van der Waals surface area contributed by atoms with Gasteiger partial charge in [-0.2, -0.15) is 13.2 Å². The van der Waals surface area contributed by atoms with Crippen LogP contribution in [0.3, 0.4) is 0 Å². The fraction of sp³-hybridized carbons (Fsp3) is 0.412. The van der Waals surface area contributed by atoms with Crippen molar-refractivity contribution in [2.45, 2.75) is 26.2 Å². The van der Waals surface area contributed by atoms with E-state index in [-0.39, 0.29) is 36.3 Å². The third-order valence-electron chi connectivity index (χ3n) is 3.51. The lowest BCUT2D eigenvalue weighted by molar-refractivity contribution is -0.153. The van der Waals surface area contributed by atoms with E-state index >= 15 is 0 Å². The van der Waals surface area contributed by atoms with Crippen molar-refractivity contribution in [1.29, 1.82) is 0 Å². The van der Waals surface area contributed by atoms with Gasteiger partial charge in [0.1, 0.15) is 5.75 Å². The van der Waals surface area contributed by atoms with Crippen molar-refractivity contribution in [2.24, 2.45) is 4.99 Å². The predicted octanol–water partition coefficient (Wildman–Crippen LogP) is 3.12. The summed E-state index contributed by atoms with van der Waals surface area (Å²) in [6.07, 6.45) is 0.898. The second-order valence-electron chi connectivity index (χ2n) is 5.67. The van der Waals surface area contributed by atoms with E-state index in [1.807, 2.05) is 16.8 Å². The van der Waals surface area contributed by atoms with Crippen molar-refractivity contribution in [3.8, 4) is 5.75 Å². The molecule has 6 nitrogen and oxygen atoms in total. The van der Waals surface area contributed by atoms with Gasteiger partial charge in [-0.15, -0.1) is 24.0 Å². The minimum atomic E-state index is -4.38. The maximum absolute atomic E-state index is 12.4. The number of aryl methyl sites for hydroxylation is 1. The molecule has 0 unspecified atom stereocenters. The summed E-state index contributed by atoms with van der Waals surface area (Å²) in [5.74, 6) is 0.760. The molecule has 2 aromatic rings. The van der Waals surface area contributed by atoms with Crippen LogP contribution in [0.15, 0.2) is 41.9 Å². The summed E-state index contributed by atoms with van der Waals surface area (Å²) < 4.78 is 44.1. The lowest BCUT2D eigenvalue weighted by atomic mass is 10.1. The van der Waals surface area contributed by atoms with Crippen LogP contribution in [0.5, 0.6) is 5.75 Å². The average molecular weight is 497 g/mol. The van der Waals surface area contributed by atoms with E-state index in [9.17, 15) is 13.2 Å². The summed E-state index contributed by atoms with van der Waals surface area (Å²) in [6, 6.07) is 5.16. The van der Waals surface area contributed by atoms with Gasteiger partial charge in [-0.05, 0) is 18.6 Å². The molecule has 0 fully saturated rings. The molecule has 0 saturated heterocycles. The van der Waals surface area contributed by atoms with Crippen LogP contribution in [-0.4, -0.2) is 41.9 Å². The number of halogens is 4. The average Bonchev–Trinajstić information content (AvgIpc) is 3.10. The van der Waals surface area contributed by atoms with Gasteiger partial charge in [0, 0.05) is 44.6 Å². The molecule has 0 radical (unpaired) electrons. The van der Waals surface area contributed by atoms with Crippen LogP contribution in [0.2, 0.25) is 0 Å². The number of rotatable bonds is 7. The zero-order valence-corrected chi connectivity index (χ0v) is 17.4. The Kier molecular flexibility index (Phi) is 9.39. The lowest BCUT2D eigenvalue weighted by Crippen LogP contribution is -2.38. The van der Waals surface area contributed by atoms with Gasteiger partial charge in [0.05, 0.1) is 6.33 Å². The number of guanidine groups is 1. The van der Waals surface area contributed by atoms with Crippen molar-refractivity contribution >= 4 is 29.9 Å². The molecule has 0 aliphatic heterocycles. The lowest BCUT2D eigenvalue weighted by Gasteiger charge is -2.16. The molecule has 27 heavy (non-hydrogen) atoms. The number of hydrogen-bond donors (Lipinski definition) is 2. The molecular weight excluding hydrogens is 474 g/mol. The first-order valence-electron chi connectivity index (χ1n) is 8.07. The number of benzene rings is 1. The number of nitrogens with one attached hydrogen (secondary N) is 2. The number of hydrogen-bond acceptors (Lipinski definition) is 3. The SMILES string of the molecule is CN=C(NCCn1ccnc1)NCc1ccc(C)cc1OCC(F)(F)F.I. The zero-order chi connectivity index (χ0) is 19.0. The zero-order valence-electron chi connectivity index (χ0n) is 15.1. The quantitative estimate of drug-likeness (QED) is 0.351. The van der Waals surface area contributed by atoms with Crippen LogP contribution >= 0.6 is 24.0 Å². The Balaban J connectivity index is 0.00000364. The smallest absolute Gasteiger partial charge is 0.422 e. The number of alkyl halides is 3. The summed E-state index contributed by atoms with van der Waals surface area (Å²) >= 11 is 0. The third-order valence-corrected chi connectivity index (χ3v) is 3.51. The molecular formula is C17H23F3IN5O. The number of aliphatic imine (C=N–C) groups is 1. The third kappa shape index (κ3) is 8.50. The molecule has 10 heteroatoms. The van der Waals surface area contributed by atoms with Crippen LogP contribution in [0.4, 0.5) is 13.2 Å². The second kappa shape index (κ2) is 11.0. The largest absolute Gasteiger partial charge is 0.484 e. The summed E-state index contributed by atoms with van der Waals surface area (Å²) in [4.78, 5) is 8.07. The van der Waals surface area contributed by atoms with Crippen molar-refractivity contribution in [3.63, 3.8) is 0 Å². The molecule has 1 heterocycles. The topological polar surface area (TPSA) is 63.5 Å². The van der Waals surface area contributed by atoms with E-state index in [2.05, 4.69) is 20.6 Å². The Morgan fingerprint density at radius 1 is 1.30 bits per heavy atom.